The number of carboxylic acid groups (broad SMARTS) is 1. The number of aliphatic hydroxyl groups excluding tert-OH is 9. The third kappa shape index (κ3) is 7.60. The lowest BCUT2D eigenvalue weighted by atomic mass is 9.98. The Morgan fingerprint density at radius 1 is 0.673 bits per heavy atom. The van der Waals surface area contributed by atoms with Crippen LogP contribution in [0.4, 0.5) is 0 Å². The summed E-state index contributed by atoms with van der Waals surface area (Å²) in [6.07, 6.45) is -27.0. The van der Waals surface area contributed by atoms with Crippen molar-refractivity contribution in [2.75, 3.05) is 6.61 Å². The topological polar surface area (TPSA) is 366 Å². The van der Waals surface area contributed by atoms with Gasteiger partial charge in [-0.3, -0.25) is 4.79 Å². The van der Waals surface area contributed by atoms with Crippen molar-refractivity contribution >= 4 is 16.9 Å². The molecule has 3 aliphatic rings. The SMILES string of the molecule is CC1O[C@@H](OCC2O[C@@H](Oc3c(-c4ccc(O)c(O)c4)oc4cc(O[C@@H]5OC(C(=O)O)[C@@H](O)[C@H](O)C5O)cc(O)c4c3=O)C(O)C(O)[C@@H]2O)C(O)[C@@H](O)[C@H]1O. The lowest BCUT2D eigenvalue weighted by Crippen LogP contribution is -2.61. The third-order valence-electron chi connectivity index (χ3n) is 9.34. The smallest absolute Gasteiger partial charge is 0.335 e. The molecule has 3 aromatic rings. The Kier molecular flexibility index (Phi) is 11.4. The van der Waals surface area contributed by atoms with Crippen molar-refractivity contribution in [1.29, 1.82) is 0 Å². The zero-order valence-electron chi connectivity index (χ0n) is 28.2. The summed E-state index contributed by atoms with van der Waals surface area (Å²) in [6.45, 7) is 0.709. The number of hydrogen-bond acceptors (Lipinski definition) is 21. The van der Waals surface area contributed by atoms with E-state index in [1.54, 1.807) is 0 Å². The number of rotatable bonds is 9. The Morgan fingerprint density at radius 3 is 1.95 bits per heavy atom. The summed E-state index contributed by atoms with van der Waals surface area (Å²) in [5.74, 6) is -5.65. The summed E-state index contributed by atoms with van der Waals surface area (Å²) in [6, 6.07) is 4.90. The van der Waals surface area contributed by atoms with Crippen molar-refractivity contribution < 1.29 is 104 Å². The molecule has 3 saturated heterocycles. The highest BCUT2D eigenvalue weighted by molar-refractivity contribution is 5.88. The molecule has 55 heavy (non-hydrogen) atoms. The van der Waals surface area contributed by atoms with Crippen LogP contribution in [0, 0.1) is 0 Å². The van der Waals surface area contributed by atoms with Crippen LogP contribution in [0.25, 0.3) is 22.3 Å². The average Bonchev–Trinajstić information content (AvgIpc) is 3.14. The highest BCUT2D eigenvalue weighted by Gasteiger charge is 2.49. The second-order valence-corrected chi connectivity index (χ2v) is 13.1. The molecule has 13 N–H and O–H groups in total. The Hall–Kier alpha value is -4.40. The zero-order valence-corrected chi connectivity index (χ0v) is 28.2. The summed E-state index contributed by atoms with van der Waals surface area (Å²) < 4.78 is 38.7. The van der Waals surface area contributed by atoms with Crippen LogP contribution >= 0.6 is 0 Å². The van der Waals surface area contributed by atoms with E-state index in [4.69, 9.17) is 32.8 Å². The van der Waals surface area contributed by atoms with Gasteiger partial charge in [0.1, 0.15) is 83.5 Å². The minimum absolute atomic E-state index is 0.161. The quantitative estimate of drug-likeness (QED) is 0.0916. The molecule has 0 amide bonds. The number of carbonyl (C=O) groups is 1. The third-order valence-corrected chi connectivity index (χ3v) is 9.34. The van der Waals surface area contributed by atoms with Crippen molar-refractivity contribution in [3.8, 4) is 40.1 Å². The van der Waals surface area contributed by atoms with Crippen molar-refractivity contribution in [1.82, 2.24) is 0 Å². The van der Waals surface area contributed by atoms with Gasteiger partial charge >= 0.3 is 5.97 Å². The molecular formula is C33H38O22. The Morgan fingerprint density at radius 2 is 1.29 bits per heavy atom. The number of phenols is 3. The fourth-order valence-corrected chi connectivity index (χ4v) is 6.18. The lowest BCUT2D eigenvalue weighted by molar-refractivity contribution is -0.318. The first-order chi connectivity index (χ1) is 25.9. The van der Waals surface area contributed by atoms with Gasteiger partial charge in [0.25, 0.3) is 0 Å². The van der Waals surface area contributed by atoms with Crippen LogP contribution in [0.15, 0.2) is 39.5 Å². The molecule has 1 aromatic heterocycles. The van der Waals surface area contributed by atoms with Gasteiger partial charge in [-0.15, -0.1) is 0 Å². The fourth-order valence-electron chi connectivity index (χ4n) is 6.18. The van der Waals surface area contributed by atoms with E-state index in [2.05, 4.69) is 0 Å². The second-order valence-electron chi connectivity index (χ2n) is 13.1. The van der Waals surface area contributed by atoms with E-state index < -0.39 is 156 Å². The number of benzene rings is 2. The summed E-state index contributed by atoms with van der Waals surface area (Å²) >= 11 is 0. The van der Waals surface area contributed by atoms with E-state index in [-0.39, 0.29) is 5.56 Å². The molecule has 0 bridgehead atoms. The second kappa shape index (κ2) is 15.6. The Bertz CT molecular complexity index is 1940. The van der Waals surface area contributed by atoms with Gasteiger partial charge in [-0.1, -0.05) is 0 Å². The van der Waals surface area contributed by atoms with Crippen LogP contribution in [0.5, 0.6) is 28.7 Å². The summed E-state index contributed by atoms with van der Waals surface area (Å²) in [5, 5.41) is 133. The van der Waals surface area contributed by atoms with Crippen LogP contribution in [0.1, 0.15) is 6.92 Å². The van der Waals surface area contributed by atoms with Gasteiger partial charge in [-0.05, 0) is 25.1 Å². The van der Waals surface area contributed by atoms with Crippen molar-refractivity contribution in [3.63, 3.8) is 0 Å². The number of carboxylic acids is 1. The molecule has 3 aliphatic heterocycles. The number of fused-ring (bicyclic) bond motifs is 1. The summed E-state index contributed by atoms with van der Waals surface area (Å²) in [7, 11) is 0. The predicted molar refractivity (Wildman–Crippen MR) is 173 cm³/mol. The first kappa shape index (κ1) is 40.3. The van der Waals surface area contributed by atoms with Gasteiger partial charge < -0.3 is 99.2 Å². The van der Waals surface area contributed by atoms with Crippen LogP contribution in [0.3, 0.4) is 0 Å². The minimum atomic E-state index is -2.08. The maximum atomic E-state index is 14.1. The normalized spacial score (nSPS) is 36.7. The van der Waals surface area contributed by atoms with Crippen molar-refractivity contribution in [2.45, 2.75) is 99.0 Å². The summed E-state index contributed by atoms with van der Waals surface area (Å²) in [5.41, 5.74) is -1.81. The maximum Gasteiger partial charge on any atom is 0.335 e. The molecule has 0 aliphatic carbocycles. The molecule has 0 saturated carbocycles. The van der Waals surface area contributed by atoms with Gasteiger partial charge in [0.2, 0.25) is 23.8 Å². The summed E-state index contributed by atoms with van der Waals surface area (Å²) in [4.78, 5) is 25.6. The highest BCUT2D eigenvalue weighted by Crippen LogP contribution is 2.40. The van der Waals surface area contributed by atoms with E-state index in [0.717, 1.165) is 30.3 Å². The highest BCUT2D eigenvalue weighted by atomic mass is 16.7. The van der Waals surface area contributed by atoms with E-state index >= 15 is 0 Å². The molecule has 6 rings (SSSR count). The van der Waals surface area contributed by atoms with E-state index in [1.807, 2.05) is 0 Å². The molecule has 7 unspecified atom stereocenters. The Labute approximate surface area is 307 Å². The first-order valence-corrected chi connectivity index (χ1v) is 16.5. The first-order valence-electron chi connectivity index (χ1n) is 16.5. The number of aromatic hydroxyl groups is 3. The lowest BCUT2D eigenvalue weighted by Gasteiger charge is -2.42. The number of phenolic OH excluding ortho intramolecular Hbond substituents is 3. The molecule has 2 aromatic carbocycles. The van der Waals surface area contributed by atoms with E-state index in [0.29, 0.717) is 0 Å². The predicted octanol–water partition coefficient (Wildman–Crippen LogP) is -4.12. The van der Waals surface area contributed by atoms with Crippen LogP contribution < -0.4 is 14.9 Å². The zero-order chi connectivity index (χ0) is 40.2. The molecule has 302 valence electrons. The minimum Gasteiger partial charge on any atom is -0.507 e. The molecule has 22 nitrogen and oxygen atoms in total. The fraction of sp³-hybridized carbons (Fsp3) is 0.515. The molecule has 4 heterocycles. The number of aliphatic hydroxyl groups is 9. The largest absolute Gasteiger partial charge is 0.507 e. The van der Waals surface area contributed by atoms with Crippen molar-refractivity contribution in [3.05, 3.63) is 40.6 Å². The number of hydrogen-bond donors (Lipinski definition) is 13. The molecule has 22 heteroatoms. The number of aliphatic carboxylic acids is 1. The molecule has 0 radical (unpaired) electrons. The molecule has 0 spiro atoms. The number of ether oxygens (including phenoxy) is 6. The standard InChI is InChI=1S/C33H38O22/c1-8-17(37)20(40)24(44)31(50-8)49-7-15-18(38)21(41)25(45)33(53-15)54-28-19(39)16-13(36)5-10(51-32-26(46)22(42)23(43)29(55-32)30(47)48)6-14(16)52-27(28)9-2-3-11(34)12(35)4-9/h2-6,8,15,17-18,20-26,29,31-38,40-46H,7H2,1H3,(H,47,48)/t8?,15?,17-,18+,20-,21?,22-,23-,24?,25?,26?,29?,31+,32+,33-/m0/s1. The average molecular weight is 787 g/mol. The van der Waals surface area contributed by atoms with Crippen molar-refractivity contribution in [2.24, 2.45) is 0 Å². The van der Waals surface area contributed by atoms with Crippen LogP contribution in [-0.2, 0) is 23.7 Å². The maximum absolute atomic E-state index is 14.1. The van der Waals surface area contributed by atoms with Gasteiger partial charge in [0, 0.05) is 17.7 Å². The van der Waals surface area contributed by atoms with E-state index in [1.165, 1.54) is 6.92 Å². The van der Waals surface area contributed by atoms with E-state index in [9.17, 15) is 76.0 Å². The van der Waals surface area contributed by atoms with Crippen LogP contribution in [0.2, 0.25) is 0 Å². The Balaban J connectivity index is 1.34. The molecule has 3 fully saturated rings. The molecular weight excluding hydrogens is 748 g/mol. The van der Waals surface area contributed by atoms with Gasteiger partial charge in [0.05, 0.1) is 12.7 Å². The van der Waals surface area contributed by atoms with Gasteiger partial charge in [-0.2, -0.15) is 0 Å². The van der Waals surface area contributed by atoms with Gasteiger partial charge in [0.15, 0.2) is 29.7 Å². The monoisotopic (exact) mass is 786 g/mol. The van der Waals surface area contributed by atoms with Crippen LogP contribution in [-0.4, -0.2) is 171 Å². The van der Waals surface area contributed by atoms with Gasteiger partial charge in [-0.25, -0.2) is 4.79 Å². The molecule has 15 atom stereocenters.